The average molecular weight is 455 g/mol. The van der Waals surface area contributed by atoms with Crippen molar-refractivity contribution < 1.29 is 22.7 Å². The average Bonchev–Trinajstić information content (AvgIpc) is 2.64. The highest BCUT2D eigenvalue weighted by Crippen LogP contribution is 2.40. The second-order valence-corrected chi connectivity index (χ2v) is 10.0. The molecule has 2 aromatic carbocycles. The van der Waals surface area contributed by atoms with Crippen LogP contribution in [0.15, 0.2) is 29.2 Å². The molecule has 1 unspecified atom stereocenters. The maximum Gasteiger partial charge on any atom is 0.322 e. The van der Waals surface area contributed by atoms with Crippen molar-refractivity contribution in [3.8, 4) is 0 Å². The first-order valence-electron chi connectivity index (χ1n) is 9.39. The number of carboxylic acids is 1. The second-order valence-electron chi connectivity index (χ2n) is 7.78. The molecular weight excluding hydrogens is 431 g/mol. The number of nitrogens with zero attached hydrogens (tertiary/aromatic N) is 2. The molecule has 3 rings (SSSR count). The van der Waals surface area contributed by atoms with Gasteiger partial charge in [0.05, 0.1) is 12.4 Å². The van der Waals surface area contributed by atoms with E-state index in [-0.39, 0.29) is 17.1 Å². The van der Waals surface area contributed by atoms with Gasteiger partial charge in [0.25, 0.3) is 0 Å². The van der Waals surface area contributed by atoms with E-state index in [4.69, 9.17) is 11.6 Å². The van der Waals surface area contributed by atoms with Gasteiger partial charge in [-0.3, -0.25) is 4.79 Å². The number of sulfonamides is 1. The predicted molar refractivity (Wildman–Crippen MR) is 114 cm³/mol. The van der Waals surface area contributed by atoms with Gasteiger partial charge in [-0.25, -0.2) is 12.8 Å². The molecule has 0 spiro atoms. The van der Waals surface area contributed by atoms with Crippen LogP contribution >= 0.6 is 11.6 Å². The number of aryl methyl sites for hydroxylation is 2. The molecule has 0 amide bonds. The van der Waals surface area contributed by atoms with E-state index in [0.717, 1.165) is 9.87 Å². The van der Waals surface area contributed by atoms with Gasteiger partial charge in [-0.05, 0) is 61.2 Å². The highest BCUT2D eigenvalue weighted by molar-refractivity contribution is 7.89. The molecule has 0 fully saturated rings. The standard InChI is InChI=1S/C21H24ClFN2O4S/c1-11-6-7-16(23)19(13(11)3)14(4)20(21(26)27)25-10-24(5)17-9-15(22)12(2)8-18(17)30(25,28)29/h6-9,14,20H,10H2,1-5H3,(H,26,27)/t14?,20-/m0/s1. The molecule has 9 heteroatoms. The van der Waals surface area contributed by atoms with Gasteiger partial charge in [0, 0.05) is 18.0 Å². The van der Waals surface area contributed by atoms with Crippen molar-refractivity contribution in [3.63, 3.8) is 0 Å². The predicted octanol–water partition coefficient (Wildman–Crippen LogP) is 4.06. The topological polar surface area (TPSA) is 77.9 Å². The number of carbonyl (C=O) groups is 1. The number of hydrogen-bond acceptors (Lipinski definition) is 4. The molecule has 0 aliphatic carbocycles. The zero-order valence-electron chi connectivity index (χ0n) is 17.4. The lowest BCUT2D eigenvalue weighted by Crippen LogP contribution is -2.54. The van der Waals surface area contributed by atoms with Gasteiger partial charge in [0.2, 0.25) is 10.0 Å². The maximum atomic E-state index is 14.7. The molecule has 1 aliphatic heterocycles. The van der Waals surface area contributed by atoms with E-state index < -0.39 is 33.8 Å². The molecule has 1 N–H and O–H groups in total. The van der Waals surface area contributed by atoms with Crippen molar-refractivity contribution in [3.05, 3.63) is 57.4 Å². The molecule has 162 valence electrons. The summed E-state index contributed by atoms with van der Waals surface area (Å²) >= 11 is 6.16. The van der Waals surface area contributed by atoms with Gasteiger partial charge >= 0.3 is 5.97 Å². The van der Waals surface area contributed by atoms with E-state index in [1.165, 1.54) is 12.1 Å². The number of rotatable bonds is 4. The van der Waals surface area contributed by atoms with Crippen LogP contribution in [0.4, 0.5) is 10.1 Å². The van der Waals surface area contributed by atoms with E-state index in [1.54, 1.807) is 51.8 Å². The second kappa shape index (κ2) is 7.83. The minimum atomic E-state index is -4.16. The summed E-state index contributed by atoms with van der Waals surface area (Å²) in [5.74, 6) is -2.81. The Labute approximate surface area is 180 Å². The Balaban J connectivity index is 2.17. The quantitative estimate of drug-likeness (QED) is 0.753. The SMILES string of the molecule is Cc1cc2c(cc1Cl)N(C)CN([C@H](C(=O)O)C(C)c1c(F)ccc(C)c1C)S2(=O)=O. The lowest BCUT2D eigenvalue weighted by molar-refractivity contribution is -0.142. The molecular formula is C21H24ClFN2O4S. The molecule has 2 aromatic rings. The lowest BCUT2D eigenvalue weighted by atomic mass is 9.87. The summed E-state index contributed by atoms with van der Waals surface area (Å²) in [6.45, 7) is 6.54. The fourth-order valence-corrected chi connectivity index (χ4v) is 6.09. The van der Waals surface area contributed by atoms with E-state index in [0.29, 0.717) is 21.8 Å². The van der Waals surface area contributed by atoms with Crippen molar-refractivity contribution in [1.29, 1.82) is 0 Å². The molecule has 0 aromatic heterocycles. The van der Waals surface area contributed by atoms with Crippen molar-refractivity contribution in [2.24, 2.45) is 0 Å². The molecule has 0 saturated heterocycles. The fourth-order valence-electron chi connectivity index (χ4n) is 3.98. The summed E-state index contributed by atoms with van der Waals surface area (Å²) in [5.41, 5.74) is 2.58. The van der Waals surface area contributed by atoms with Gasteiger partial charge in [0.1, 0.15) is 16.8 Å². The number of halogens is 2. The van der Waals surface area contributed by atoms with Crippen LogP contribution in [0.5, 0.6) is 0 Å². The molecule has 0 radical (unpaired) electrons. The molecule has 0 bridgehead atoms. The number of carboxylic acid groups (broad SMARTS) is 1. The van der Waals surface area contributed by atoms with Gasteiger partial charge in [-0.2, -0.15) is 4.31 Å². The zero-order valence-corrected chi connectivity index (χ0v) is 19.0. The highest BCUT2D eigenvalue weighted by atomic mass is 35.5. The number of fused-ring (bicyclic) bond motifs is 1. The van der Waals surface area contributed by atoms with Gasteiger partial charge in [0.15, 0.2) is 0 Å². The first-order valence-corrected chi connectivity index (χ1v) is 11.2. The van der Waals surface area contributed by atoms with Crippen LogP contribution in [0, 0.1) is 26.6 Å². The van der Waals surface area contributed by atoms with Crippen LogP contribution < -0.4 is 4.90 Å². The maximum absolute atomic E-state index is 14.7. The third kappa shape index (κ3) is 3.57. The Morgan fingerprint density at radius 3 is 2.43 bits per heavy atom. The summed E-state index contributed by atoms with van der Waals surface area (Å²) in [6, 6.07) is 4.41. The first-order chi connectivity index (χ1) is 13.9. The Morgan fingerprint density at radius 1 is 1.20 bits per heavy atom. The molecule has 6 nitrogen and oxygen atoms in total. The van der Waals surface area contributed by atoms with Gasteiger partial charge < -0.3 is 10.0 Å². The zero-order chi connectivity index (χ0) is 22.5. The highest BCUT2D eigenvalue weighted by Gasteiger charge is 2.45. The summed E-state index contributed by atoms with van der Waals surface area (Å²) in [4.78, 5) is 13.9. The van der Waals surface area contributed by atoms with Crippen LogP contribution in [-0.2, 0) is 14.8 Å². The van der Waals surface area contributed by atoms with Crippen molar-refractivity contribution in [2.75, 3.05) is 18.6 Å². The summed E-state index contributed by atoms with van der Waals surface area (Å²) < 4.78 is 42.5. The third-order valence-electron chi connectivity index (χ3n) is 5.81. The largest absolute Gasteiger partial charge is 0.480 e. The fraction of sp³-hybridized carbons (Fsp3) is 0.381. The van der Waals surface area contributed by atoms with E-state index >= 15 is 0 Å². The van der Waals surface area contributed by atoms with Crippen molar-refractivity contribution >= 4 is 33.3 Å². The van der Waals surface area contributed by atoms with Crippen LogP contribution in [0.3, 0.4) is 0 Å². The normalized spacial score (nSPS) is 18.0. The van der Waals surface area contributed by atoms with Crippen LogP contribution in [0.1, 0.15) is 35.1 Å². The number of benzene rings is 2. The monoisotopic (exact) mass is 454 g/mol. The third-order valence-corrected chi connectivity index (χ3v) is 8.06. The van der Waals surface area contributed by atoms with Gasteiger partial charge in [-0.1, -0.05) is 24.6 Å². The number of aliphatic carboxylic acids is 1. The lowest BCUT2D eigenvalue weighted by Gasteiger charge is -2.40. The van der Waals surface area contributed by atoms with Crippen molar-refractivity contribution in [2.45, 2.75) is 44.6 Å². The molecule has 30 heavy (non-hydrogen) atoms. The van der Waals surface area contributed by atoms with E-state index in [1.807, 2.05) is 0 Å². The summed E-state index contributed by atoms with van der Waals surface area (Å²) in [5, 5.41) is 10.4. The first kappa shape index (κ1) is 22.5. The molecule has 0 saturated carbocycles. The Kier molecular flexibility index (Phi) is 5.88. The van der Waals surface area contributed by atoms with Gasteiger partial charge in [-0.15, -0.1) is 0 Å². The molecule has 1 aliphatic rings. The van der Waals surface area contributed by atoms with E-state index in [9.17, 15) is 22.7 Å². The Bertz CT molecular complexity index is 1140. The van der Waals surface area contributed by atoms with Crippen molar-refractivity contribution in [1.82, 2.24) is 4.31 Å². The minimum absolute atomic E-state index is 0.0157. The smallest absolute Gasteiger partial charge is 0.322 e. The summed E-state index contributed by atoms with van der Waals surface area (Å²) in [7, 11) is -2.50. The number of hydrogen-bond donors (Lipinski definition) is 1. The van der Waals surface area contributed by atoms with E-state index in [2.05, 4.69) is 0 Å². The number of anilines is 1. The Hall–Kier alpha value is -2.16. The molecule has 2 atom stereocenters. The Morgan fingerprint density at radius 2 is 1.83 bits per heavy atom. The molecule has 1 heterocycles. The van der Waals surface area contributed by atoms with Crippen LogP contribution in [0.2, 0.25) is 5.02 Å². The summed E-state index contributed by atoms with van der Waals surface area (Å²) in [6.07, 6.45) is 0. The van der Waals surface area contributed by atoms with Crippen LogP contribution in [-0.4, -0.2) is 43.6 Å². The minimum Gasteiger partial charge on any atom is -0.480 e. The van der Waals surface area contributed by atoms with Crippen LogP contribution in [0.25, 0.3) is 0 Å².